The van der Waals surface area contributed by atoms with Crippen molar-refractivity contribution >= 4 is 39.1 Å². The molecule has 4 nitrogen and oxygen atoms in total. The summed E-state index contributed by atoms with van der Waals surface area (Å²) >= 11 is 3.60. The smallest absolute Gasteiger partial charge is 0.187 e. The van der Waals surface area contributed by atoms with Crippen molar-refractivity contribution in [2.45, 2.75) is 13.0 Å². The first kappa shape index (κ1) is 20.7. The van der Waals surface area contributed by atoms with E-state index in [1.165, 1.54) is 0 Å². The van der Waals surface area contributed by atoms with Crippen molar-refractivity contribution in [2.24, 2.45) is 10.9 Å². The quantitative estimate of drug-likeness (QED) is 0.511. The molecule has 32 heavy (non-hydrogen) atoms. The highest BCUT2D eigenvalue weighted by atomic mass is 79.9. The minimum absolute atomic E-state index is 0.00196. The molecule has 5 rings (SSSR count). The Morgan fingerprint density at radius 3 is 2.69 bits per heavy atom. The standard InChI is InChI=1S/C27H22BrNO3/c1-17-26(23(30)11-7-18-8-12-24-25(15-18)32-14-13-31-24)27(19-5-3-2-4-6-19)21-16-20(28)9-10-22(21)29-17/h2-12,15-16,21-22H,13-14H2,1H3/b11-7+. The van der Waals surface area contributed by atoms with Crippen LogP contribution in [0.2, 0.25) is 0 Å². The number of rotatable bonds is 4. The molecule has 2 heterocycles. The van der Waals surface area contributed by atoms with Gasteiger partial charge >= 0.3 is 0 Å². The van der Waals surface area contributed by atoms with Gasteiger partial charge in [0, 0.05) is 21.7 Å². The number of benzene rings is 2. The lowest BCUT2D eigenvalue weighted by molar-refractivity contribution is -0.110. The molecule has 2 unspecified atom stereocenters. The van der Waals surface area contributed by atoms with Crippen LogP contribution >= 0.6 is 15.9 Å². The first-order valence-corrected chi connectivity index (χ1v) is 11.4. The van der Waals surface area contributed by atoms with Gasteiger partial charge in [-0.1, -0.05) is 76.6 Å². The van der Waals surface area contributed by atoms with Crippen LogP contribution in [0.25, 0.3) is 11.6 Å². The normalized spacial score (nSPS) is 21.8. The lowest BCUT2D eigenvalue weighted by Gasteiger charge is -2.31. The SMILES string of the molecule is CC1=NC2C=CC(Br)=CC2C(c2ccccc2)=C1C(=O)/C=C/c1ccc2c(c1)OCCO2. The van der Waals surface area contributed by atoms with Gasteiger partial charge in [0.25, 0.3) is 0 Å². The summed E-state index contributed by atoms with van der Waals surface area (Å²) in [7, 11) is 0. The first-order valence-electron chi connectivity index (χ1n) is 10.6. The van der Waals surface area contributed by atoms with Crippen LogP contribution in [0.4, 0.5) is 0 Å². The molecular formula is C27H22BrNO3. The highest BCUT2D eigenvalue weighted by molar-refractivity contribution is 9.11. The summed E-state index contributed by atoms with van der Waals surface area (Å²) in [5.41, 5.74) is 4.37. The van der Waals surface area contributed by atoms with Gasteiger partial charge in [0.2, 0.25) is 0 Å². The molecular weight excluding hydrogens is 466 g/mol. The van der Waals surface area contributed by atoms with Crippen molar-refractivity contribution < 1.29 is 14.3 Å². The molecule has 2 aromatic rings. The van der Waals surface area contributed by atoms with Crippen LogP contribution in [0.3, 0.4) is 0 Å². The van der Waals surface area contributed by atoms with E-state index in [1.807, 2.05) is 55.5 Å². The third kappa shape index (κ3) is 4.00. The molecule has 0 amide bonds. The van der Waals surface area contributed by atoms with E-state index in [9.17, 15) is 4.79 Å². The van der Waals surface area contributed by atoms with Crippen LogP contribution in [0.5, 0.6) is 11.5 Å². The molecule has 2 aliphatic heterocycles. The molecule has 0 saturated heterocycles. The number of aliphatic imine (C=N–C) groups is 1. The van der Waals surface area contributed by atoms with E-state index in [2.05, 4.69) is 40.2 Å². The zero-order chi connectivity index (χ0) is 22.1. The van der Waals surface area contributed by atoms with E-state index < -0.39 is 0 Å². The van der Waals surface area contributed by atoms with Crippen molar-refractivity contribution in [3.05, 3.63) is 94.0 Å². The van der Waals surface area contributed by atoms with Crippen molar-refractivity contribution in [2.75, 3.05) is 13.2 Å². The zero-order valence-electron chi connectivity index (χ0n) is 17.6. The van der Waals surface area contributed by atoms with Gasteiger partial charge in [-0.05, 0) is 41.8 Å². The van der Waals surface area contributed by atoms with Gasteiger partial charge in [-0.25, -0.2) is 0 Å². The lowest BCUT2D eigenvalue weighted by atomic mass is 9.77. The highest BCUT2D eigenvalue weighted by Crippen LogP contribution is 2.40. The molecule has 0 saturated carbocycles. The third-order valence-corrected chi connectivity index (χ3v) is 6.32. The van der Waals surface area contributed by atoms with E-state index in [0.29, 0.717) is 24.5 Å². The molecule has 0 fully saturated rings. The predicted molar refractivity (Wildman–Crippen MR) is 131 cm³/mol. The maximum absolute atomic E-state index is 13.5. The number of halogens is 1. The molecule has 2 atom stereocenters. The number of hydrogen-bond acceptors (Lipinski definition) is 4. The number of dihydropyridines is 1. The molecule has 5 heteroatoms. The van der Waals surface area contributed by atoms with Gasteiger partial charge in [-0.15, -0.1) is 0 Å². The summed E-state index contributed by atoms with van der Waals surface area (Å²) in [5.74, 6) is 1.38. The number of allylic oxidation sites excluding steroid dienone is 4. The fourth-order valence-electron chi connectivity index (χ4n) is 4.35. The second kappa shape index (κ2) is 8.75. The fraction of sp³-hybridized carbons (Fsp3) is 0.185. The van der Waals surface area contributed by atoms with Crippen molar-refractivity contribution in [1.29, 1.82) is 0 Å². The average Bonchev–Trinajstić information content (AvgIpc) is 2.82. The summed E-state index contributed by atoms with van der Waals surface area (Å²) in [6.45, 7) is 3.01. The minimum Gasteiger partial charge on any atom is -0.486 e. The molecule has 0 bridgehead atoms. The van der Waals surface area contributed by atoms with Crippen molar-refractivity contribution in [1.82, 2.24) is 0 Å². The number of fused-ring (bicyclic) bond motifs is 2. The van der Waals surface area contributed by atoms with Crippen LogP contribution in [-0.4, -0.2) is 30.8 Å². The summed E-state index contributed by atoms with van der Waals surface area (Å²) in [6.07, 6.45) is 9.70. The average molecular weight is 488 g/mol. The summed E-state index contributed by atoms with van der Waals surface area (Å²) < 4.78 is 12.2. The Kier molecular flexibility index (Phi) is 5.66. The molecule has 0 radical (unpaired) electrons. The number of carbonyl (C=O) groups excluding carboxylic acids is 1. The Bertz CT molecular complexity index is 1220. The van der Waals surface area contributed by atoms with Crippen molar-refractivity contribution in [3.8, 4) is 11.5 Å². The molecule has 2 aromatic carbocycles. The predicted octanol–water partition coefficient (Wildman–Crippen LogP) is 5.80. The number of nitrogens with zero attached hydrogens (tertiary/aromatic N) is 1. The van der Waals surface area contributed by atoms with E-state index in [4.69, 9.17) is 14.5 Å². The number of hydrogen-bond donors (Lipinski definition) is 0. The summed E-state index contributed by atoms with van der Waals surface area (Å²) in [6, 6.07) is 15.8. The van der Waals surface area contributed by atoms with Crippen LogP contribution in [0, 0.1) is 5.92 Å². The van der Waals surface area contributed by atoms with Crippen LogP contribution < -0.4 is 9.47 Å². The van der Waals surface area contributed by atoms with E-state index in [0.717, 1.165) is 32.6 Å². The van der Waals surface area contributed by atoms with Gasteiger partial charge in [0.15, 0.2) is 17.3 Å². The van der Waals surface area contributed by atoms with Gasteiger partial charge in [-0.2, -0.15) is 0 Å². The number of ketones is 1. The Morgan fingerprint density at radius 2 is 1.88 bits per heavy atom. The number of ether oxygens (including phenoxy) is 2. The molecule has 0 aromatic heterocycles. The van der Waals surface area contributed by atoms with Crippen LogP contribution in [-0.2, 0) is 4.79 Å². The summed E-state index contributed by atoms with van der Waals surface area (Å²) in [5, 5.41) is 0. The highest BCUT2D eigenvalue weighted by Gasteiger charge is 2.33. The molecule has 160 valence electrons. The largest absolute Gasteiger partial charge is 0.486 e. The Balaban J connectivity index is 1.54. The van der Waals surface area contributed by atoms with Crippen molar-refractivity contribution in [3.63, 3.8) is 0 Å². The topological polar surface area (TPSA) is 47.9 Å². The minimum atomic E-state index is -0.0579. The van der Waals surface area contributed by atoms with Gasteiger partial charge in [-0.3, -0.25) is 9.79 Å². The Labute approximate surface area is 195 Å². The zero-order valence-corrected chi connectivity index (χ0v) is 19.2. The third-order valence-electron chi connectivity index (χ3n) is 5.79. The Hall–Kier alpha value is -3.18. The molecule has 3 aliphatic rings. The lowest BCUT2D eigenvalue weighted by Crippen LogP contribution is -2.29. The maximum Gasteiger partial charge on any atom is 0.187 e. The van der Waals surface area contributed by atoms with Gasteiger partial charge < -0.3 is 9.47 Å². The fourth-order valence-corrected chi connectivity index (χ4v) is 4.78. The molecule has 0 spiro atoms. The molecule has 1 aliphatic carbocycles. The van der Waals surface area contributed by atoms with E-state index in [1.54, 1.807) is 6.08 Å². The Morgan fingerprint density at radius 1 is 1.09 bits per heavy atom. The van der Waals surface area contributed by atoms with E-state index in [-0.39, 0.29) is 17.7 Å². The van der Waals surface area contributed by atoms with Gasteiger partial charge in [0.1, 0.15) is 13.2 Å². The number of carbonyl (C=O) groups is 1. The second-order valence-corrected chi connectivity index (χ2v) is 8.81. The van der Waals surface area contributed by atoms with Crippen LogP contribution in [0.1, 0.15) is 18.1 Å². The monoisotopic (exact) mass is 487 g/mol. The van der Waals surface area contributed by atoms with E-state index >= 15 is 0 Å². The molecule has 0 N–H and O–H groups in total. The van der Waals surface area contributed by atoms with Gasteiger partial charge in [0.05, 0.1) is 6.04 Å². The van der Waals surface area contributed by atoms with Crippen LogP contribution in [0.15, 0.2) is 87.9 Å². The first-order chi connectivity index (χ1) is 15.6. The summed E-state index contributed by atoms with van der Waals surface area (Å²) in [4.78, 5) is 18.3. The second-order valence-electron chi connectivity index (χ2n) is 7.90. The maximum atomic E-state index is 13.5.